The lowest BCUT2D eigenvalue weighted by Crippen LogP contribution is -2.08. The fraction of sp³-hybridized carbons (Fsp3) is 0.571. The minimum Gasteiger partial charge on any atom is -0.396 e. The lowest BCUT2D eigenvalue weighted by molar-refractivity contribution is 0.292. The van der Waals surface area contributed by atoms with Gasteiger partial charge >= 0.3 is 0 Å². The number of nitrogens with zero attached hydrogens (tertiary/aromatic N) is 3. The van der Waals surface area contributed by atoms with Gasteiger partial charge in [-0.15, -0.1) is 10.2 Å². The predicted molar refractivity (Wildman–Crippen MR) is 49.8 cm³/mol. The summed E-state index contributed by atoms with van der Waals surface area (Å²) in [6.45, 7) is 2.53. The molecule has 13 heavy (non-hydrogen) atoms. The van der Waals surface area contributed by atoms with Crippen molar-refractivity contribution in [1.82, 2.24) is 15.2 Å². The molecule has 1 aromatic heterocycles. The van der Waals surface area contributed by atoms with Gasteiger partial charge in [0.1, 0.15) is 0 Å². The molecule has 0 aliphatic heterocycles. The lowest BCUT2D eigenvalue weighted by Gasteiger charge is -2.02. The number of aryl methyl sites for hydroxylation is 1. The summed E-state index contributed by atoms with van der Waals surface area (Å²) in [5.41, 5.74) is 0.642. The third-order valence-electron chi connectivity index (χ3n) is 1.42. The normalized spacial score (nSPS) is 10.1. The largest absolute Gasteiger partial charge is 0.396 e. The monoisotopic (exact) mass is 202 g/mol. The molecule has 1 aromatic rings. The molecule has 0 aromatic carbocycles. The molecule has 0 bridgehead atoms. The minimum atomic E-state index is 0.146. The van der Waals surface area contributed by atoms with Gasteiger partial charge in [0.15, 0.2) is 5.15 Å². The van der Waals surface area contributed by atoms with Gasteiger partial charge in [-0.25, -0.2) is 4.98 Å². The molecule has 72 valence electrons. The number of aliphatic hydroxyl groups excluding tert-OH is 1. The van der Waals surface area contributed by atoms with E-state index in [1.165, 1.54) is 0 Å². The van der Waals surface area contributed by atoms with Gasteiger partial charge in [-0.2, -0.15) is 0 Å². The Morgan fingerprint density at radius 1 is 1.46 bits per heavy atom. The first-order chi connectivity index (χ1) is 6.24. The second-order valence-electron chi connectivity index (χ2n) is 2.52. The molecular formula is C7H11ClN4O. The van der Waals surface area contributed by atoms with Gasteiger partial charge in [0.05, 0.1) is 5.69 Å². The maximum Gasteiger partial charge on any atom is 0.243 e. The van der Waals surface area contributed by atoms with Crippen molar-refractivity contribution in [2.24, 2.45) is 0 Å². The van der Waals surface area contributed by atoms with Gasteiger partial charge in [-0.05, 0) is 13.3 Å². The van der Waals surface area contributed by atoms with Crippen molar-refractivity contribution in [3.63, 3.8) is 0 Å². The van der Waals surface area contributed by atoms with Crippen molar-refractivity contribution >= 4 is 17.5 Å². The van der Waals surface area contributed by atoms with Crippen molar-refractivity contribution in [2.75, 3.05) is 18.5 Å². The number of hydrogen-bond donors (Lipinski definition) is 2. The average Bonchev–Trinajstić information content (AvgIpc) is 2.12. The van der Waals surface area contributed by atoms with Crippen LogP contribution in [0.2, 0.25) is 5.15 Å². The molecule has 5 nitrogen and oxygen atoms in total. The fourth-order valence-electron chi connectivity index (χ4n) is 0.745. The summed E-state index contributed by atoms with van der Waals surface area (Å²) in [6, 6.07) is 0. The first kappa shape index (κ1) is 10.1. The van der Waals surface area contributed by atoms with Crippen LogP contribution in [-0.2, 0) is 0 Å². The molecule has 0 spiro atoms. The number of rotatable bonds is 4. The maximum atomic E-state index is 8.53. The maximum absolute atomic E-state index is 8.53. The summed E-state index contributed by atoms with van der Waals surface area (Å²) in [5.74, 6) is 0.440. The van der Waals surface area contributed by atoms with Gasteiger partial charge in [0.2, 0.25) is 5.95 Å². The summed E-state index contributed by atoms with van der Waals surface area (Å²) in [7, 11) is 0. The van der Waals surface area contributed by atoms with Gasteiger partial charge in [0.25, 0.3) is 0 Å². The van der Waals surface area contributed by atoms with Crippen molar-refractivity contribution < 1.29 is 5.11 Å². The van der Waals surface area contributed by atoms with Gasteiger partial charge < -0.3 is 10.4 Å². The standard InChI is InChI=1S/C7H11ClN4O/c1-5-6(8)11-12-7(10-5)9-3-2-4-13/h13H,2-4H2,1H3,(H,9,10,12). The molecule has 6 heteroatoms. The van der Waals surface area contributed by atoms with E-state index in [4.69, 9.17) is 16.7 Å². The van der Waals surface area contributed by atoms with E-state index in [2.05, 4.69) is 20.5 Å². The molecule has 0 saturated heterocycles. The van der Waals surface area contributed by atoms with Crippen molar-refractivity contribution in [3.05, 3.63) is 10.8 Å². The number of anilines is 1. The molecule has 0 aliphatic rings. The third kappa shape index (κ3) is 3.12. The quantitative estimate of drug-likeness (QED) is 0.701. The molecular weight excluding hydrogens is 192 g/mol. The number of nitrogens with one attached hydrogen (secondary N) is 1. The smallest absolute Gasteiger partial charge is 0.243 e. The highest BCUT2D eigenvalue weighted by atomic mass is 35.5. The van der Waals surface area contributed by atoms with E-state index in [1.807, 2.05) is 0 Å². The summed E-state index contributed by atoms with van der Waals surface area (Å²) in [4.78, 5) is 4.05. The van der Waals surface area contributed by atoms with E-state index in [0.717, 1.165) is 0 Å². The topological polar surface area (TPSA) is 70.9 Å². The van der Waals surface area contributed by atoms with E-state index >= 15 is 0 Å². The first-order valence-corrected chi connectivity index (χ1v) is 4.33. The Hall–Kier alpha value is -0.940. The lowest BCUT2D eigenvalue weighted by atomic mass is 10.4. The molecule has 0 aliphatic carbocycles. The molecule has 2 N–H and O–H groups in total. The Morgan fingerprint density at radius 2 is 2.23 bits per heavy atom. The van der Waals surface area contributed by atoms with Crippen LogP contribution in [0.3, 0.4) is 0 Å². The molecule has 0 amide bonds. The van der Waals surface area contributed by atoms with Crippen LogP contribution in [0.15, 0.2) is 0 Å². The number of aliphatic hydroxyl groups is 1. The van der Waals surface area contributed by atoms with Gasteiger partial charge in [-0.1, -0.05) is 11.6 Å². The SMILES string of the molecule is Cc1nc(NCCCO)nnc1Cl. The zero-order valence-electron chi connectivity index (χ0n) is 7.29. The fourth-order valence-corrected chi connectivity index (χ4v) is 0.825. The van der Waals surface area contributed by atoms with Gasteiger partial charge in [-0.3, -0.25) is 0 Å². The number of hydrogen-bond acceptors (Lipinski definition) is 5. The van der Waals surface area contributed by atoms with Crippen LogP contribution in [0.5, 0.6) is 0 Å². The molecule has 1 rings (SSSR count). The van der Waals surface area contributed by atoms with Crippen LogP contribution in [0.25, 0.3) is 0 Å². The van der Waals surface area contributed by atoms with Crippen molar-refractivity contribution in [1.29, 1.82) is 0 Å². The second-order valence-corrected chi connectivity index (χ2v) is 2.87. The highest BCUT2D eigenvalue weighted by molar-refractivity contribution is 6.29. The van der Waals surface area contributed by atoms with Crippen LogP contribution in [0.1, 0.15) is 12.1 Å². The summed E-state index contributed by atoms with van der Waals surface area (Å²) in [6.07, 6.45) is 0.658. The first-order valence-electron chi connectivity index (χ1n) is 3.95. The summed E-state index contributed by atoms with van der Waals surface area (Å²) < 4.78 is 0. The summed E-state index contributed by atoms with van der Waals surface area (Å²) >= 11 is 5.64. The zero-order valence-corrected chi connectivity index (χ0v) is 8.04. The van der Waals surface area contributed by atoms with E-state index in [-0.39, 0.29) is 6.61 Å². The van der Waals surface area contributed by atoms with Crippen LogP contribution in [0.4, 0.5) is 5.95 Å². The van der Waals surface area contributed by atoms with E-state index in [1.54, 1.807) is 6.92 Å². The highest BCUT2D eigenvalue weighted by Crippen LogP contribution is 2.08. The van der Waals surface area contributed by atoms with Crippen LogP contribution in [-0.4, -0.2) is 33.4 Å². The van der Waals surface area contributed by atoms with Gasteiger partial charge in [0, 0.05) is 13.2 Å². The highest BCUT2D eigenvalue weighted by Gasteiger charge is 2.00. The minimum absolute atomic E-state index is 0.146. The molecule has 0 fully saturated rings. The third-order valence-corrected chi connectivity index (χ3v) is 1.77. The Balaban J connectivity index is 2.53. The Kier molecular flexibility index (Phi) is 3.85. The van der Waals surface area contributed by atoms with E-state index < -0.39 is 0 Å². The zero-order chi connectivity index (χ0) is 9.68. The number of aromatic nitrogens is 3. The van der Waals surface area contributed by atoms with E-state index in [9.17, 15) is 0 Å². The average molecular weight is 203 g/mol. The van der Waals surface area contributed by atoms with E-state index in [0.29, 0.717) is 29.8 Å². The Morgan fingerprint density at radius 3 is 2.85 bits per heavy atom. The molecule has 0 saturated carbocycles. The summed E-state index contributed by atoms with van der Waals surface area (Å²) in [5, 5.41) is 19.2. The van der Waals surface area contributed by atoms with Crippen LogP contribution >= 0.6 is 11.6 Å². The Labute approximate surface area is 81.2 Å². The molecule has 0 unspecified atom stereocenters. The Bertz CT molecular complexity index is 281. The predicted octanol–water partition coefficient (Wildman–Crippen LogP) is 0.628. The van der Waals surface area contributed by atoms with Crippen molar-refractivity contribution in [3.8, 4) is 0 Å². The molecule has 0 atom stereocenters. The van der Waals surface area contributed by atoms with Crippen LogP contribution < -0.4 is 5.32 Å². The molecule has 0 radical (unpaired) electrons. The van der Waals surface area contributed by atoms with Crippen LogP contribution in [0, 0.1) is 6.92 Å². The molecule has 1 heterocycles. The van der Waals surface area contributed by atoms with Crippen molar-refractivity contribution in [2.45, 2.75) is 13.3 Å². The number of halogens is 1. The second kappa shape index (κ2) is 4.94.